The van der Waals surface area contributed by atoms with E-state index in [1.807, 2.05) is 6.92 Å². The Morgan fingerprint density at radius 3 is 2.12 bits per heavy atom. The normalized spacial score (nSPS) is 10.2. The Bertz CT molecular complexity index is 430. The number of rotatable bonds is 5. The molecule has 0 spiro atoms. The number of hydrogen-bond donors (Lipinski definition) is 0. The number of benzene rings is 1. The van der Waals surface area contributed by atoms with Crippen molar-refractivity contribution in [3.05, 3.63) is 21.2 Å². The molecule has 0 amide bonds. The molecule has 0 bridgehead atoms. The fourth-order valence-corrected chi connectivity index (χ4v) is 2.47. The van der Waals surface area contributed by atoms with E-state index in [1.165, 1.54) is 14.2 Å². The number of halogens is 2. The minimum absolute atomic E-state index is 0.224. The van der Waals surface area contributed by atoms with Crippen LogP contribution in [0.3, 0.4) is 0 Å². The van der Waals surface area contributed by atoms with Gasteiger partial charge in [-0.2, -0.15) is 0 Å². The number of hydrogen-bond acceptors (Lipinski definition) is 3. The van der Waals surface area contributed by atoms with Crippen LogP contribution >= 0.6 is 23.2 Å². The smallest absolute Gasteiger partial charge is 0.160 e. The standard InChI is InChI=1S/C12H14Cl2O3/c1-4-5-7-8(6-15)11(16-2)10(14)12(17-3)9(7)13/h6H,4-5H2,1-3H3. The third-order valence-electron chi connectivity index (χ3n) is 2.46. The summed E-state index contributed by atoms with van der Waals surface area (Å²) in [4.78, 5) is 11.1. The van der Waals surface area contributed by atoms with Gasteiger partial charge in [0.1, 0.15) is 5.02 Å². The Kier molecular flexibility index (Phi) is 5.09. The fraction of sp³-hybridized carbons (Fsp3) is 0.417. The van der Waals surface area contributed by atoms with E-state index in [2.05, 4.69) is 0 Å². The number of carbonyl (C=O) groups is 1. The zero-order valence-electron chi connectivity index (χ0n) is 9.97. The topological polar surface area (TPSA) is 35.5 Å². The van der Waals surface area contributed by atoms with Crippen LogP contribution in [0.25, 0.3) is 0 Å². The van der Waals surface area contributed by atoms with Gasteiger partial charge in [-0.3, -0.25) is 4.79 Å². The van der Waals surface area contributed by atoms with E-state index >= 15 is 0 Å². The molecule has 5 heteroatoms. The van der Waals surface area contributed by atoms with Crippen molar-refractivity contribution >= 4 is 29.5 Å². The molecule has 0 aliphatic rings. The number of methoxy groups -OCH3 is 2. The average molecular weight is 277 g/mol. The molecule has 3 nitrogen and oxygen atoms in total. The molecule has 0 N–H and O–H groups in total. The molecule has 0 atom stereocenters. The predicted molar refractivity (Wildman–Crippen MR) is 68.9 cm³/mol. The zero-order valence-corrected chi connectivity index (χ0v) is 11.5. The number of aldehydes is 1. The monoisotopic (exact) mass is 276 g/mol. The largest absolute Gasteiger partial charge is 0.494 e. The van der Waals surface area contributed by atoms with Gasteiger partial charge in [0.25, 0.3) is 0 Å². The van der Waals surface area contributed by atoms with Crippen LogP contribution in [0, 0.1) is 0 Å². The Morgan fingerprint density at radius 1 is 1.12 bits per heavy atom. The maximum Gasteiger partial charge on any atom is 0.160 e. The fourth-order valence-electron chi connectivity index (χ4n) is 1.71. The third-order valence-corrected chi connectivity index (χ3v) is 3.20. The Hall–Kier alpha value is -0.930. The second-order valence-corrected chi connectivity index (χ2v) is 4.21. The molecule has 0 fully saturated rings. The molecule has 1 aromatic carbocycles. The highest BCUT2D eigenvalue weighted by Crippen LogP contribution is 2.45. The first-order valence-electron chi connectivity index (χ1n) is 5.19. The summed E-state index contributed by atoms with van der Waals surface area (Å²) in [5.74, 6) is 0.658. The first kappa shape index (κ1) is 14.1. The van der Waals surface area contributed by atoms with Crippen LogP contribution in [-0.2, 0) is 6.42 Å². The second kappa shape index (κ2) is 6.12. The van der Waals surface area contributed by atoms with Crippen molar-refractivity contribution < 1.29 is 14.3 Å². The van der Waals surface area contributed by atoms with Gasteiger partial charge >= 0.3 is 0 Å². The van der Waals surface area contributed by atoms with E-state index < -0.39 is 0 Å². The summed E-state index contributed by atoms with van der Waals surface area (Å²) in [6.45, 7) is 2.00. The predicted octanol–water partition coefficient (Wildman–Crippen LogP) is 3.78. The summed E-state index contributed by atoms with van der Waals surface area (Å²) in [6.07, 6.45) is 2.23. The molecule has 0 unspecified atom stereocenters. The lowest BCUT2D eigenvalue weighted by Crippen LogP contribution is -2.02. The van der Waals surface area contributed by atoms with E-state index in [4.69, 9.17) is 32.7 Å². The summed E-state index contributed by atoms with van der Waals surface area (Å²) in [6, 6.07) is 0. The maximum atomic E-state index is 11.1. The van der Waals surface area contributed by atoms with Crippen molar-refractivity contribution in [2.24, 2.45) is 0 Å². The van der Waals surface area contributed by atoms with Crippen LogP contribution in [0.4, 0.5) is 0 Å². The lowest BCUT2D eigenvalue weighted by molar-refractivity contribution is 0.111. The lowest BCUT2D eigenvalue weighted by atomic mass is 10.0. The Balaban J connectivity index is 3.61. The van der Waals surface area contributed by atoms with Crippen molar-refractivity contribution in [3.8, 4) is 11.5 Å². The molecule has 0 saturated carbocycles. The van der Waals surface area contributed by atoms with Gasteiger partial charge in [-0.15, -0.1) is 0 Å². The molecule has 0 radical (unpaired) electrons. The van der Waals surface area contributed by atoms with Gasteiger partial charge in [-0.05, 0) is 12.0 Å². The van der Waals surface area contributed by atoms with Crippen molar-refractivity contribution in [1.29, 1.82) is 0 Å². The first-order chi connectivity index (χ1) is 8.12. The third kappa shape index (κ3) is 2.50. The van der Waals surface area contributed by atoms with Crippen molar-refractivity contribution in [2.45, 2.75) is 19.8 Å². The molecular formula is C12H14Cl2O3. The van der Waals surface area contributed by atoms with Gasteiger partial charge in [0.2, 0.25) is 0 Å². The summed E-state index contributed by atoms with van der Waals surface area (Å²) in [5.41, 5.74) is 1.10. The minimum atomic E-state index is 0.224. The molecule has 0 saturated heterocycles. The molecular weight excluding hydrogens is 263 g/mol. The summed E-state index contributed by atoms with van der Waals surface area (Å²) in [5, 5.41) is 0.601. The minimum Gasteiger partial charge on any atom is -0.494 e. The van der Waals surface area contributed by atoms with E-state index in [0.717, 1.165) is 6.42 Å². The Morgan fingerprint density at radius 2 is 1.71 bits per heavy atom. The maximum absolute atomic E-state index is 11.1. The van der Waals surface area contributed by atoms with Gasteiger partial charge < -0.3 is 9.47 Å². The summed E-state index contributed by atoms with van der Waals surface area (Å²) in [7, 11) is 2.93. The molecule has 17 heavy (non-hydrogen) atoms. The summed E-state index contributed by atoms with van der Waals surface area (Å²) >= 11 is 12.3. The number of ether oxygens (including phenoxy) is 2. The SMILES string of the molecule is CCCc1c(Cl)c(OC)c(Cl)c(OC)c1C=O. The van der Waals surface area contributed by atoms with Crippen molar-refractivity contribution in [1.82, 2.24) is 0 Å². The molecule has 1 rings (SSSR count). The molecule has 1 aromatic rings. The number of carbonyl (C=O) groups excluding carboxylic acids is 1. The van der Waals surface area contributed by atoms with Gasteiger partial charge in [0.15, 0.2) is 17.8 Å². The van der Waals surface area contributed by atoms with Crippen LogP contribution in [0.15, 0.2) is 0 Å². The van der Waals surface area contributed by atoms with Crippen molar-refractivity contribution in [2.75, 3.05) is 14.2 Å². The van der Waals surface area contributed by atoms with Crippen LogP contribution in [0.2, 0.25) is 10.0 Å². The van der Waals surface area contributed by atoms with E-state index in [0.29, 0.717) is 40.4 Å². The van der Waals surface area contributed by atoms with E-state index in [-0.39, 0.29) is 5.02 Å². The van der Waals surface area contributed by atoms with Gasteiger partial charge in [0, 0.05) is 0 Å². The van der Waals surface area contributed by atoms with Gasteiger partial charge in [-0.25, -0.2) is 0 Å². The summed E-state index contributed by atoms with van der Waals surface area (Å²) < 4.78 is 10.3. The molecule has 94 valence electrons. The van der Waals surface area contributed by atoms with Crippen LogP contribution in [0.5, 0.6) is 11.5 Å². The highest BCUT2D eigenvalue weighted by atomic mass is 35.5. The second-order valence-electron chi connectivity index (χ2n) is 3.45. The van der Waals surface area contributed by atoms with E-state index in [9.17, 15) is 4.79 Å². The van der Waals surface area contributed by atoms with Gasteiger partial charge in [-0.1, -0.05) is 36.5 Å². The van der Waals surface area contributed by atoms with Crippen molar-refractivity contribution in [3.63, 3.8) is 0 Å². The zero-order chi connectivity index (χ0) is 13.0. The van der Waals surface area contributed by atoms with Gasteiger partial charge in [0.05, 0.1) is 24.8 Å². The molecule has 0 aromatic heterocycles. The lowest BCUT2D eigenvalue weighted by Gasteiger charge is -2.16. The molecule has 0 heterocycles. The first-order valence-corrected chi connectivity index (χ1v) is 5.94. The quantitative estimate of drug-likeness (QED) is 0.768. The highest BCUT2D eigenvalue weighted by molar-refractivity contribution is 6.39. The highest BCUT2D eigenvalue weighted by Gasteiger charge is 2.22. The Labute approximate surface area is 111 Å². The van der Waals surface area contributed by atoms with Crippen LogP contribution in [0.1, 0.15) is 29.3 Å². The molecule has 0 aliphatic heterocycles. The average Bonchev–Trinajstić information content (AvgIpc) is 2.33. The molecule has 0 aliphatic carbocycles. The van der Waals surface area contributed by atoms with Crippen LogP contribution < -0.4 is 9.47 Å². The van der Waals surface area contributed by atoms with E-state index in [1.54, 1.807) is 0 Å². The van der Waals surface area contributed by atoms with Crippen LogP contribution in [-0.4, -0.2) is 20.5 Å².